The van der Waals surface area contributed by atoms with Crippen LogP contribution >= 0.6 is 11.3 Å². The molecule has 0 bridgehead atoms. The molecule has 1 saturated carbocycles. The van der Waals surface area contributed by atoms with Gasteiger partial charge in [0.25, 0.3) is 0 Å². The van der Waals surface area contributed by atoms with Crippen molar-refractivity contribution in [2.24, 2.45) is 5.92 Å². The van der Waals surface area contributed by atoms with Crippen LogP contribution in [0.1, 0.15) is 60.7 Å². The Hall–Kier alpha value is -2.14. The first-order valence-electron chi connectivity index (χ1n) is 10.7. The summed E-state index contributed by atoms with van der Waals surface area (Å²) in [6.45, 7) is 7.11. The maximum atomic E-state index is 13.5. The summed E-state index contributed by atoms with van der Waals surface area (Å²) in [7, 11) is 0. The quantitative estimate of drug-likeness (QED) is 0.700. The number of carbonyl (C=O) groups is 2. The van der Waals surface area contributed by atoms with Crippen LogP contribution in [0.3, 0.4) is 0 Å². The summed E-state index contributed by atoms with van der Waals surface area (Å²) in [5.74, 6) is 0.351. The summed E-state index contributed by atoms with van der Waals surface area (Å²) >= 11 is 1.78. The van der Waals surface area contributed by atoms with Crippen LogP contribution < -0.4 is 0 Å². The molecule has 1 aliphatic heterocycles. The summed E-state index contributed by atoms with van der Waals surface area (Å²) in [5.41, 5.74) is 3.60. The van der Waals surface area contributed by atoms with Gasteiger partial charge in [-0.2, -0.15) is 0 Å². The number of rotatable bonds is 6. The summed E-state index contributed by atoms with van der Waals surface area (Å²) in [6.07, 6.45) is 3.69. The van der Waals surface area contributed by atoms with Crippen LogP contribution in [0, 0.1) is 12.8 Å². The number of hydrogen-bond donors (Lipinski definition) is 0. The standard InChI is InChI=1S/C24H30N2O2S/c1-4-17(3)26(24(28)19-9-10-19)15-22(27)25-13-11-21-20(12-14-29-21)23(25)18-7-5-16(2)6-8-18/h5-8,12,14,17,19,23H,4,9-11,13,15H2,1-3H3/t17-,23-/m1/s1. The molecule has 2 atom stereocenters. The van der Waals surface area contributed by atoms with Crippen LogP contribution in [0.5, 0.6) is 0 Å². The van der Waals surface area contributed by atoms with Crippen molar-refractivity contribution in [1.82, 2.24) is 9.80 Å². The fourth-order valence-electron chi connectivity index (χ4n) is 4.17. The van der Waals surface area contributed by atoms with E-state index in [-0.39, 0.29) is 36.4 Å². The fourth-order valence-corrected chi connectivity index (χ4v) is 5.07. The minimum absolute atomic E-state index is 0.0572. The van der Waals surface area contributed by atoms with Crippen molar-refractivity contribution in [2.75, 3.05) is 13.1 Å². The maximum absolute atomic E-state index is 13.5. The van der Waals surface area contributed by atoms with E-state index in [0.29, 0.717) is 6.54 Å². The normalized spacial score (nSPS) is 19.6. The Kier molecular flexibility index (Phi) is 5.77. The number of thiophene rings is 1. The fraction of sp³-hybridized carbons (Fsp3) is 0.500. The molecule has 0 N–H and O–H groups in total. The van der Waals surface area contributed by atoms with Gasteiger partial charge in [-0.05, 0) is 62.1 Å². The predicted octanol–water partition coefficient (Wildman–Crippen LogP) is 4.57. The molecule has 1 fully saturated rings. The van der Waals surface area contributed by atoms with Gasteiger partial charge in [-0.1, -0.05) is 36.8 Å². The molecule has 4 rings (SSSR count). The maximum Gasteiger partial charge on any atom is 0.243 e. The molecule has 1 aromatic carbocycles. The Morgan fingerprint density at radius 3 is 2.59 bits per heavy atom. The zero-order valence-corrected chi connectivity index (χ0v) is 18.4. The Morgan fingerprint density at radius 2 is 1.93 bits per heavy atom. The molecular formula is C24H30N2O2S. The minimum atomic E-state index is -0.0621. The highest BCUT2D eigenvalue weighted by atomic mass is 32.1. The van der Waals surface area contributed by atoms with Crippen LogP contribution in [0.15, 0.2) is 35.7 Å². The Balaban J connectivity index is 1.61. The van der Waals surface area contributed by atoms with Crippen LogP contribution in [0.4, 0.5) is 0 Å². The molecule has 2 aromatic rings. The molecular weight excluding hydrogens is 380 g/mol. The summed E-state index contributed by atoms with van der Waals surface area (Å²) in [5, 5.41) is 2.13. The summed E-state index contributed by atoms with van der Waals surface area (Å²) in [6, 6.07) is 10.7. The zero-order valence-electron chi connectivity index (χ0n) is 17.6. The molecule has 2 heterocycles. The second kappa shape index (κ2) is 8.31. The lowest BCUT2D eigenvalue weighted by atomic mass is 9.92. The van der Waals surface area contributed by atoms with Gasteiger partial charge in [0.2, 0.25) is 11.8 Å². The van der Waals surface area contributed by atoms with Crippen molar-refractivity contribution >= 4 is 23.2 Å². The van der Waals surface area contributed by atoms with Gasteiger partial charge in [0.05, 0.1) is 6.04 Å². The molecule has 2 amide bonds. The molecule has 2 aliphatic rings. The third-order valence-corrected chi connectivity index (χ3v) is 7.31. The molecule has 1 aliphatic carbocycles. The smallest absolute Gasteiger partial charge is 0.243 e. The first-order chi connectivity index (χ1) is 14.0. The Bertz CT molecular complexity index is 885. The summed E-state index contributed by atoms with van der Waals surface area (Å²) < 4.78 is 0. The lowest BCUT2D eigenvalue weighted by Crippen LogP contribution is -2.49. The topological polar surface area (TPSA) is 40.6 Å². The third kappa shape index (κ3) is 4.11. The third-order valence-electron chi connectivity index (χ3n) is 6.32. The van der Waals surface area contributed by atoms with Crippen LogP contribution in [0.2, 0.25) is 0 Å². The van der Waals surface area contributed by atoms with Gasteiger partial charge < -0.3 is 9.80 Å². The number of aryl methyl sites for hydroxylation is 1. The molecule has 0 spiro atoms. The van der Waals surface area contributed by atoms with Gasteiger partial charge in [-0.25, -0.2) is 0 Å². The van der Waals surface area contributed by atoms with Crippen molar-refractivity contribution in [2.45, 2.75) is 58.5 Å². The highest BCUT2D eigenvalue weighted by molar-refractivity contribution is 7.10. The van der Waals surface area contributed by atoms with Crippen molar-refractivity contribution < 1.29 is 9.59 Å². The molecule has 1 aromatic heterocycles. The Labute approximate surface area is 177 Å². The number of fused-ring (bicyclic) bond motifs is 1. The second-order valence-electron chi connectivity index (χ2n) is 8.45. The monoisotopic (exact) mass is 410 g/mol. The van der Waals surface area contributed by atoms with Crippen molar-refractivity contribution in [3.05, 3.63) is 57.3 Å². The first kappa shape index (κ1) is 20.1. The average Bonchev–Trinajstić information content (AvgIpc) is 3.47. The van der Waals surface area contributed by atoms with E-state index in [2.05, 4.69) is 56.5 Å². The molecule has 4 nitrogen and oxygen atoms in total. The van der Waals surface area contributed by atoms with Gasteiger partial charge in [0, 0.05) is 23.4 Å². The van der Waals surface area contributed by atoms with E-state index in [1.54, 1.807) is 11.3 Å². The van der Waals surface area contributed by atoms with Crippen molar-refractivity contribution in [3.8, 4) is 0 Å². The molecule has 29 heavy (non-hydrogen) atoms. The van der Waals surface area contributed by atoms with Crippen molar-refractivity contribution in [1.29, 1.82) is 0 Å². The minimum Gasteiger partial charge on any atom is -0.330 e. The number of benzene rings is 1. The molecule has 0 unspecified atom stereocenters. The molecule has 0 radical (unpaired) electrons. The average molecular weight is 411 g/mol. The van der Waals surface area contributed by atoms with E-state index in [9.17, 15) is 9.59 Å². The van der Waals surface area contributed by atoms with Crippen molar-refractivity contribution in [3.63, 3.8) is 0 Å². The predicted molar refractivity (Wildman–Crippen MR) is 117 cm³/mol. The summed E-state index contributed by atoms with van der Waals surface area (Å²) in [4.78, 5) is 31.5. The van der Waals surface area contributed by atoms with Gasteiger partial charge >= 0.3 is 0 Å². The number of carbonyl (C=O) groups excluding carboxylic acids is 2. The van der Waals surface area contributed by atoms with Crippen LogP contribution in [-0.2, 0) is 16.0 Å². The van der Waals surface area contributed by atoms with Crippen LogP contribution in [-0.4, -0.2) is 40.7 Å². The van der Waals surface area contributed by atoms with Gasteiger partial charge in [0.1, 0.15) is 6.54 Å². The number of amides is 2. The van der Waals surface area contributed by atoms with E-state index in [1.807, 2.05) is 9.80 Å². The van der Waals surface area contributed by atoms with E-state index in [1.165, 1.54) is 16.0 Å². The van der Waals surface area contributed by atoms with E-state index in [4.69, 9.17) is 0 Å². The second-order valence-corrected chi connectivity index (χ2v) is 9.45. The van der Waals surface area contributed by atoms with E-state index >= 15 is 0 Å². The highest BCUT2D eigenvalue weighted by Crippen LogP contribution is 2.38. The molecule has 154 valence electrons. The van der Waals surface area contributed by atoms with E-state index < -0.39 is 0 Å². The highest BCUT2D eigenvalue weighted by Gasteiger charge is 2.38. The zero-order chi connectivity index (χ0) is 20.5. The lowest BCUT2D eigenvalue weighted by Gasteiger charge is -2.38. The number of nitrogens with zero attached hydrogens (tertiary/aromatic N) is 2. The van der Waals surface area contributed by atoms with Gasteiger partial charge in [-0.15, -0.1) is 11.3 Å². The molecule has 0 saturated heterocycles. The van der Waals surface area contributed by atoms with Crippen LogP contribution in [0.25, 0.3) is 0 Å². The molecule has 5 heteroatoms. The SMILES string of the molecule is CC[C@@H](C)N(CC(=O)N1CCc2sccc2[C@H]1c1ccc(C)cc1)C(=O)C1CC1. The largest absolute Gasteiger partial charge is 0.330 e. The Morgan fingerprint density at radius 1 is 1.21 bits per heavy atom. The number of hydrogen-bond acceptors (Lipinski definition) is 3. The first-order valence-corrected chi connectivity index (χ1v) is 11.6. The lowest BCUT2D eigenvalue weighted by molar-refractivity contribution is -0.144. The van der Waals surface area contributed by atoms with Gasteiger partial charge in [0.15, 0.2) is 0 Å². The van der Waals surface area contributed by atoms with Gasteiger partial charge in [-0.3, -0.25) is 9.59 Å². The van der Waals surface area contributed by atoms with E-state index in [0.717, 1.165) is 31.2 Å².